The van der Waals surface area contributed by atoms with Crippen LogP contribution >= 0.6 is 0 Å². The molecule has 0 aliphatic heterocycles. The number of rotatable bonds is 8. The topological polar surface area (TPSA) is 76.0 Å². The van der Waals surface area contributed by atoms with E-state index in [-0.39, 0.29) is 31.0 Å². The number of amides is 2. The van der Waals surface area contributed by atoms with Gasteiger partial charge in [0.15, 0.2) is 0 Å². The molecule has 2 rings (SSSR count). The number of hydrogen-bond donors (Lipinski definition) is 2. The summed E-state index contributed by atoms with van der Waals surface area (Å²) in [6.07, 6.45) is -4.25. The lowest BCUT2D eigenvalue weighted by atomic mass is 10.1. The van der Waals surface area contributed by atoms with Gasteiger partial charge >= 0.3 is 6.18 Å². The summed E-state index contributed by atoms with van der Waals surface area (Å²) in [5.41, 5.74) is 1.99. The van der Waals surface area contributed by atoms with E-state index in [0.29, 0.717) is 5.92 Å². The summed E-state index contributed by atoms with van der Waals surface area (Å²) in [6, 6.07) is 3.97. The van der Waals surface area contributed by atoms with Crippen molar-refractivity contribution >= 4 is 11.8 Å². The molecule has 2 N–H and O–H groups in total. The zero-order valence-electron chi connectivity index (χ0n) is 17.6. The van der Waals surface area contributed by atoms with Gasteiger partial charge in [-0.1, -0.05) is 13.8 Å². The van der Waals surface area contributed by atoms with Crippen molar-refractivity contribution in [1.29, 1.82) is 0 Å². The molecule has 0 aliphatic carbocycles. The number of aryl methyl sites for hydroxylation is 1. The first-order valence-electron chi connectivity index (χ1n) is 9.74. The summed E-state index contributed by atoms with van der Waals surface area (Å²) >= 11 is 0. The third kappa shape index (κ3) is 6.33. The van der Waals surface area contributed by atoms with Crippen LogP contribution in [-0.2, 0) is 23.9 Å². The minimum absolute atomic E-state index is 0.123. The number of alkyl halides is 3. The molecule has 2 amide bonds. The van der Waals surface area contributed by atoms with E-state index < -0.39 is 17.6 Å². The molecule has 1 aromatic heterocycles. The summed E-state index contributed by atoms with van der Waals surface area (Å²) in [7, 11) is 0. The van der Waals surface area contributed by atoms with Gasteiger partial charge in [0.1, 0.15) is 0 Å². The van der Waals surface area contributed by atoms with Crippen molar-refractivity contribution in [2.24, 2.45) is 5.92 Å². The van der Waals surface area contributed by atoms with Crippen molar-refractivity contribution in [2.75, 3.05) is 13.1 Å². The van der Waals surface area contributed by atoms with Gasteiger partial charge in [-0.15, -0.1) is 0 Å². The predicted octanol–water partition coefficient (Wildman–Crippen LogP) is 3.26. The number of nitrogens with zero attached hydrogens (tertiary/aromatic N) is 2. The molecule has 0 unspecified atom stereocenters. The Hall–Kier alpha value is -2.84. The second kappa shape index (κ2) is 9.77. The van der Waals surface area contributed by atoms with E-state index in [9.17, 15) is 22.8 Å². The fourth-order valence-electron chi connectivity index (χ4n) is 3.03. The summed E-state index contributed by atoms with van der Waals surface area (Å²) < 4.78 is 39.6. The highest BCUT2D eigenvalue weighted by molar-refractivity contribution is 5.94. The first-order chi connectivity index (χ1) is 14.0. The zero-order valence-corrected chi connectivity index (χ0v) is 17.6. The summed E-state index contributed by atoms with van der Waals surface area (Å²) in [5.74, 6) is -0.244. The van der Waals surface area contributed by atoms with Gasteiger partial charge in [-0.05, 0) is 44.0 Å². The zero-order chi connectivity index (χ0) is 22.5. The Kier molecular flexibility index (Phi) is 7.64. The van der Waals surface area contributed by atoms with E-state index in [4.69, 9.17) is 0 Å². The van der Waals surface area contributed by atoms with Gasteiger partial charge in [0, 0.05) is 36.5 Å². The van der Waals surface area contributed by atoms with Gasteiger partial charge < -0.3 is 10.6 Å². The van der Waals surface area contributed by atoms with Crippen LogP contribution in [0.3, 0.4) is 0 Å². The highest BCUT2D eigenvalue weighted by Crippen LogP contribution is 2.29. The highest BCUT2D eigenvalue weighted by atomic mass is 19.4. The van der Waals surface area contributed by atoms with Crippen molar-refractivity contribution < 1.29 is 22.8 Å². The number of benzene rings is 1. The first-order valence-corrected chi connectivity index (χ1v) is 9.74. The molecule has 1 heterocycles. The third-order valence-corrected chi connectivity index (χ3v) is 4.61. The minimum atomic E-state index is -4.44. The predicted molar refractivity (Wildman–Crippen MR) is 107 cm³/mol. The number of aromatic nitrogens is 2. The van der Waals surface area contributed by atoms with Crippen LogP contribution in [0.4, 0.5) is 13.2 Å². The standard InChI is InChI=1S/C21H27F3N4O2/c1-13(2)12-28-15(4)18(14(3)27-28)11-19(29)25-9-10-26-20(30)16-5-7-17(8-6-16)21(22,23)24/h5-8,13H,9-12H2,1-4H3,(H,25,29)(H,26,30). The molecule has 0 aliphatic rings. The maximum Gasteiger partial charge on any atom is 0.416 e. The molecule has 6 nitrogen and oxygen atoms in total. The number of carbonyl (C=O) groups is 2. The molecular weight excluding hydrogens is 397 g/mol. The summed E-state index contributed by atoms with van der Waals surface area (Å²) in [5, 5.41) is 9.79. The van der Waals surface area contributed by atoms with E-state index in [1.165, 1.54) is 0 Å². The van der Waals surface area contributed by atoms with Crippen LogP contribution in [0, 0.1) is 19.8 Å². The highest BCUT2D eigenvalue weighted by Gasteiger charge is 2.30. The molecule has 0 bridgehead atoms. The Morgan fingerprint density at radius 1 is 1.07 bits per heavy atom. The molecule has 0 fully saturated rings. The molecule has 0 saturated heterocycles. The van der Waals surface area contributed by atoms with Crippen LogP contribution in [0.5, 0.6) is 0 Å². The minimum Gasteiger partial charge on any atom is -0.354 e. The molecule has 30 heavy (non-hydrogen) atoms. The number of nitrogens with one attached hydrogen (secondary N) is 2. The monoisotopic (exact) mass is 424 g/mol. The Morgan fingerprint density at radius 2 is 1.67 bits per heavy atom. The molecule has 0 spiro atoms. The Labute approximate surface area is 173 Å². The van der Waals surface area contributed by atoms with Gasteiger partial charge in [-0.25, -0.2) is 0 Å². The van der Waals surface area contributed by atoms with Crippen molar-refractivity contribution in [3.05, 3.63) is 52.3 Å². The van der Waals surface area contributed by atoms with Crippen LogP contribution in [0.15, 0.2) is 24.3 Å². The molecule has 9 heteroatoms. The lowest BCUT2D eigenvalue weighted by Crippen LogP contribution is -2.35. The van der Waals surface area contributed by atoms with Crippen LogP contribution in [0.2, 0.25) is 0 Å². The van der Waals surface area contributed by atoms with E-state index in [0.717, 1.165) is 47.8 Å². The quantitative estimate of drug-likeness (QED) is 0.639. The summed E-state index contributed by atoms with van der Waals surface area (Å²) in [6.45, 7) is 9.17. The molecule has 0 radical (unpaired) electrons. The largest absolute Gasteiger partial charge is 0.416 e. The van der Waals surface area contributed by atoms with Crippen molar-refractivity contribution in [2.45, 2.75) is 46.8 Å². The maximum absolute atomic E-state index is 12.6. The smallest absolute Gasteiger partial charge is 0.354 e. The van der Waals surface area contributed by atoms with Gasteiger partial charge in [0.05, 0.1) is 17.7 Å². The van der Waals surface area contributed by atoms with E-state index >= 15 is 0 Å². The second-order valence-corrected chi connectivity index (χ2v) is 7.58. The lowest BCUT2D eigenvalue weighted by Gasteiger charge is -2.10. The molecule has 164 valence electrons. The SMILES string of the molecule is Cc1nn(CC(C)C)c(C)c1CC(=O)NCCNC(=O)c1ccc(C(F)(F)F)cc1. The van der Waals surface area contributed by atoms with Crippen LogP contribution < -0.4 is 10.6 Å². The van der Waals surface area contributed by atoms with Gasteiger partial charge in [0.25, 0.3) is 5.91 Å². The normalized spacial score (nSPS) is 11.6. The van der Waals surface area contributed by atoms with Gasteiger partial charge in [-0.3, -0.25) is 14.3 Å². The second-order valence-electron chi connectivity index (χ2n) is 7.58. The average molecular weight is 424 g/mol. The maximum atomic E-state index is 12.6. The van der Waals surface area contributed by atoms with E-state index in [1.807, 2.05) is 18.5 Å². The van der Waals surface area contributed by atoms with Crippen LogP contribution in [0.25, 0.3) is 0 Å². The first kappa shape index (κ1) is 23.4. The number of carbonyl (C=O) groups excluding carboxylic acids is 2. The van der Waals surface area contributed by atoms with Crippen LogP contribution in [0.1, 0.15) is 46.7 Å². The van der Waals surface area contributed by atoms with Crippen molar-refractivity contribution in [3.8, 4) is 0 Å². The van der Waals surface area contributed by atoms with Crippen molar-refractivity contribution in [1.82, 2.24) is 20.4 Å². The van der Waals surface area contributed by atoms with E-state index in [1.54, 1.807) is 0 Å². The average Bonchev–Trinajstić information content (AvgIpc) is 2.91. The summed E-state index contributed by atoms with van der Waals surface area (Å²) in [4.78, 5) is 24.2. The fraction of sp³-hybridized carbons (Fsp3) is 0.476. The third-order valence-electron chi connectivity index (χ3n) is 4.61. The molecule has 0 saturated carbocycles. The van der Waals surface area contributed by atoms with Crippen molar-refractivity contribution in [3.63, 3.8) is 0 Å². The fourth-order valence-corrected chi connectivity index (χ4v) is 3.03. The van der Waals surface area contributed by atoms with Gasteiger partial charge in [-0.2, -0.15) is 18.3 Å². The molecular formula is C21H27F3N4O2. The van der Waals surface area contributed by atoms with Gasteiger partial charge in [0.2, 0.25) is 5.91 Å². The van der Waals surface area contributed by atoms with Crippen LogP contribution in [-0.4, -0.2) is 34.7 Å². The molecule has 1 aromatic carbocycles. The Balaban J connectivity index is 1.80. The number of halogens is 3. The molecule has 0 atom stereocenters. The Bertz CT molecular complexity index is 887. The van der Waals surface area contributed by atoms with E-state index in [2.05, 4.69) is 29.6 Å². The molecule has 2 aromatic rings. The number of hydrogen-bond acceptors (Lipinski definition) is 3. The lowest BCUT2D eigenvalue weighted by molar-refractivity contribution is -0.137. The Morgan fingerprint density at radius 3 is 2.23 bits per heavy atom.